The van der Waals surface area contributed by atoms with E-state index in [2.05, 4.69) is 0 Å². The molecule has 0 fully saturated rings. The third-order valence-corrected chi connectivity index (χ3v) is 2.03. The van der Waals surface area contributed by atoms with Crippen molar-refractivity contribution in [1.29, 1.82) is 0 Å². The van der Waals surface area contributed by atoms with Gasteiger partial charge in [0.25, 0.3) is 0 Å². The van der Waals surface area contributed by atoms with E-state index in [9.17, 15) is 9.59 Å². The van der Waals surface area contributed by atoms with E-state index >= 15 is 0 Å². The summed E-state index contributed by atoms with van der Waals surface area (Å²) >= 11 is 0. The van der Waals surface area contributed by atoms with Crippen molar-refractivity contribution in [2.45, 2.75) is 0 Å². The zero-order valence-electron chi connectivity index (χ0n) is 9.31. The van der Waals surface area contributed by atoms with Crippen LogP contribution < -0.4 is 5.73 Å². The van der Waals surface area contributed by atoms with Gasteiger partial charge < -0.3 is 10.6 Å². The van der Waals surface area contributed by atoms with E-state index < -0.39 is 5.91 Å². The molecule has 16 heavy (non-hydrogen) atoms. The van der Waals surface area contributed by atoms with Gasteiger partial charge in [-0.15, -0.1) is 0 Å². The number of nitrogens with zero attached hydrogens (tertiary/aromatic N) is 1. The van der Waals surface area contributed by atoms with Crippen LogP contribution in [0.3, 0.4) is 0 Å². The molecule has 0 aliphatic carbocycles. The Hall–Kier alpha value is -2.10. The molecule has 1 aromatic rings. The molecule has 0 aromatic heterocycles. The van der Waals surface area contributed by atoms with Gasteiger partial charge in [0.2, 0.25) is 5.91 Å². The van der Waals surface area contributed by atoms with Gasteiger partial charge in [0.05, 0.1) is 0 Å². The highest BCUT2D eigenvalue weighted by Gasteiger charge is 2.03. The third kappa shape index (κ3) is 2.95. The van der Waals surface area contributed by atoms with E-state index in [-0.39, 0.29) is 0 Å². The zero-order valence-corrected chi connectivity index (χ0v) is 9.31. The molecule has 0 atom stereocenters. The standard InChI is InChI=1S/C12H14N2O2/c1-14(2)7-11(8-15)9-3-5-10(6-4-9)12(13)16/h3-8H,1-2H3,(H2,13,16)/b11-7-. The highest BCUT2D eigenvalue weighted by atomic mass is 16.1. The molecule has 0 aliphatic heterocycles. The molecule has 0 bridgehead atoms. The Bertz CT molecular complexity index is 419. The minimum absolute atomic E-state index is 0.429. The first-order valence-electron chi connectivity index (χ1n) is 4.78. The van der Waals surface area contributed by atoms with Gasteiger partial charge in [-0.1, -0.05) is 12.1 Å². The normalized spacial score (nSPS) is 11.0. The minimum atomic E-state index is -0.476. The number of carbonyl (C=O) groups excluding carboxylic acids is 2. The largest absolute Gasteiger partial charge is 0.383 e. The maximum atomic E-state index is 10.9. The Balaban J connectivity index is 3.04. The van der Waals surface area contributed by atoms with Crippen molar-refractivity contribution in [1.82, 2.24) is 4.90 Å². The number of aldehydes is 1. The predicted octanol–water partition coefficient (Wildman–Crippen LogP) is 0.887. The summed E-state index contributed by atoms with van der Waals surface area (Å²) < 4.78 is 0. The fourth-order valence-electron chi connectivity index (χ4n) is 1.28. The molecule has 1 rings (SSSR count). The lowest BCUT2D eigenvalue weighted by molar-refractivity contribution is -0.103. The molecule has 0 radical (unpaired) electrons. The van der Waals surface area contributed by atoms with Gasteiger partial charge >= 0.3 is 0 Å². The average molecular weight is 218 g/mol. The number of allylic oxidation sites excluding steroid dienone is 1. The second-order valence-corrected chi connectivity index (χ2v) is 3.61. The van der Waals surface area contributed by atoms with Crippen LogP contribution in [-0.4, -0.2) is 31.2 Å². The molecule has 84 valence electrons. The fourth-order valence-corrected chi connectivity index (χ4v) is 1.28. The first kappa shape index (κ1) is 12.0. The van der Waals surface area contributed by atoms with E-state index in [1.807, 2.05) is 14.1 Å². The highest BCUT2D eigenvalue weighted by molar-refractivity contribution is 6.07. The highest BCUT2D eigenvalue weighted by Crippen LogP contribution is 2.13. The molecule has 4 nitrogen and oxygen atoms in total. The van der Waals surface area contributed by atoms with Crippen LogP contribution in [0, 0.1) is 0 Å². The van der Waals surface area contributed by atoms with Crippen molar-refractivity contribution < 1.29 is 9.59 Å². The molecule has 0 unspecified atom stereocenters. The molecule has 0 saturated carbocycles. The van der Waals surface area contributed by atoms with Crippen LogP contribution in [0.2, 0.25) is 0 Å². The van der Waals surface area contributed by atoms with Gasteiger partial charge in [0.1, 0.15) is 0 Å². The van der Waals surface area contributed by atoms with Crippen LogP contribution in [0.1, 0.15) is 15.9 Å². The smallest absolute Gasteiger partial charge is 0.248 e. The van der Waals surface area contributed by atoms with Crippen LogP contribution in [0.15, 0.2) is 30.5 Å². The van der Waals surface area contributed by atoms with E-state index in [1.165, 1.54) is 0 Å². The Kier molecular flexibility index (Phi) is 3.83. The second kappa shape index (κ2) is 5.11. The second-order valence-electron chi connectivity index (χ2n) is 3.61. The monoisotopic (exact) mass is 218 g/mol. The summed E-state index contributed by atoms with van der Waals surface area (Å²) in [5, 5.41) is 0. The van der Waals surface area contributed by atoms with E-state index in [0.29, 0.717) is 11.1 Å². The Morgan fingerprint density at radius 1 is 1.19 bits per heavy atom. The summed E-state index contributed by atoms with van der Waals surface area (Å²) in [5.74, 6) is -0.476. The van der Waals surface area contributed by atoms with Gasteiger partial charge in [0.15, 0.2) is 6.29 Å². The first-order chi connectivity index (χ1) is 7.54. The maximum absolute atomic E-state index is 10.9. The van der Waals surface area contributed by atoms with Gasteiger partial charge in [-0.05, 0) is 17.7 Å². The summed E-state index contributed by atoms with van der Waals surface area (Å²) in [7, 11) is 3.67. The fraction of sp³-hybridized carbons (Fsp3) is 0.167. The molecular formula is C12H14N2O2. The summed E-state index contributed by atoms with van der Waals surface area (Å²) in [4.78, 5) is 23.5. The summed E-state index contributed by atoms with van der Waals surface area (Å²) in [6.07, 6.45) is 2.49. The molecule has 4 heteroatoms. The molecule has 1 aromatic carbocycles. The van der Waals surface area contributed by atoms with Crippen LogP contribution in [0.4, 0.5) is 0 Å². The number of amides is 1. The maximum Gasteiger partial charge on any atom is 0.248 e. The van der Waals surface area contributed by atoms with Crippen LogP contribution in [0.5, 0.6) is 0 Å². The van der Waals surface area contributed by atoms with Crippen LogP contribution in [0.25, 0.3) is 5.57 Å². The van der Waals surface area contributed by atoms with E-state index in [0.717, 1.165) is 11.8 Å². The number of rotatable bonds is 4. The molecule has 2 N–H and O–H groups in total. The SMILES string of the molecule is CN(C)/C=C(/C=O)c1ccc(C(N)=O)cc1. The van der Waals surface area contributed by atoms with Crippen LogP contribution in [-0.2, 0) is 4.79 Å². The Labute approximate surface area is 94.4 Å². The van der Waals surface area contributed by atoms with Crippen molar-refractivity contribution in [3.05, 3.63) is 41.6 Å². The Morgan fingerprint density at radius 3 is 2.06 bits per heavy atom. The van der Waals surface area contributed by atoms with Crippen molar-refractivity contribution in [2.24, 2.45) is 5.73 Å². The molecule has 1 amide bonds. The summed E-state index contributed by atoms with van der Waals surface area (Å²) in [6, 6.07) is 6.60. The minimum Gasteiger partial charge on any atom is -0.383 e. The number of hydrogen-bond acceptors (Lipinski definition) is 3. The average Bonchev–Trinajstić information content (AvgIpc) is 2.25. The molecular weight excluding hydrogens is 204 g/mol. The first-order valence-corrected chi connectivity index (χ1v) is 4.78. The lowest BCUT2D eigenvalue weighted by Gasteiger charge is -2.07. The lowest BCUT2D eigenvalue weighted by Crippen LogP contribution is -2.10. The molecule has 0 spiro atoms. The van der Waals surface area contributed by atoms with E-state index in [4.69, 9.17) is 5.73 Å². The predicted molar refractivity (Wildman–Crippen MR) is 62.7 cm³/mol. The zero-order chi connectivity index (χ0) is 12.1. The molecule has 0 aliphatic rings. The number of benzene rings is 1. The third-order valence-electron chi connectivity index (χ3n) is 2.03. The number of primary amides is 1. The lowest BCUT2D eigenvalue weighted by atomic mass is 10.1. The number of hydrogen-bond donors (Lipinski definition) is 1. The van der Waals surface area contributed by atoms with Crippen molar-refractivity contribution >= 4 is 17.8 Å². The summed E-state index contributed by atoms with van der Waals surface area (Å²) in [5.41, 5.74) is 6.87. The molecule has 0 heterocycles. The molecule has 0 saturated heterocycles. The van der Waals surface area contributed by atoms with Crippen LogP contribution >= 0.6 is 0 Å². The topological polar surface area (TPSA) is 63.4 Å². The Morgan fingerprint density at radius 2 is 1.69 bits per heavy atom. The van der Waals surface area contributed by atoms with Crippen molar-refractivity contribution in [3.63, 3.8) is 0 Å². The number of carbonyl (C=O) groups is 2. The van der Waals surface area contributed by atoms with Crippen molar-refractivity contribution in [2.75, 3.05) is 14.1 Å². The summed E-state index contributed by atoms with van der Waals surface area (Å²) in [6.45, 7) is 0. The van der Waals surface area contributed by atoms with Gasteiger partial charge in [-0.25, -0.2) is 0 Å². The van der Waals surface area contributed by atoms with Gasteiger partial charge in [0, 0.05) is 31.4 Å². The quantitative estimate of drug-likeness (QED) is 0.603. The van der Waals surface area contributed by atoms with Crippen molar-refractivity contribution in [3.8, 4) is 0 Å². The van der Waals surface area contributed by atoms with Gasteiger partial charge in [-0.2, -0.15) is 0 Å². The van der Waals surface area contributed by atoms with E-state index in [1.54, 1.807) is 35.4 Å². The van der Waals surface area contributed by atoms with Gasteiger partial charge in [-0.3, -0.25) is 9.59 Å². The number of nitrogens with two attached hydrogens (primary N) is 1.